The van der Waals surface area contributed by atoms with E-state index >= 15 is 0 Å². The first-order chi connectivity index (χ1) is 7.86. The molecule has 16 heavy (non-hydrogen) atoms. The summed E-state index contributed by atoms with van der Waals surface area (Å²) in [5.74, 6) is 0.740. The number of rotatable bonds is 8. The predicted octanol–water partition coefficient (Wildman–Crippen LogP) is 2.76. The summed E-state index contributed by atoms with van der Waals surface area (Å²) in [4.78, 5) is 4.19. The molecular formula is C13H22N2O. The van der Waals surface area contributed by atoms with E-state index in [9.17, 15) is 0 Å². The molecule has 0 radical (unpaired) electrons. The molecule has 0 aliphatic carbocycles. The molecule has 0 fully saturated rings. The monoisotopic (exact) mass is 222 g/mol. The lowest BCUT2D eigenvalue weighted by molar-refractivity contribution is 0.297. The maximum atomic E-state index is 5.55. The number of aromatic nitrogens is 1. The second kappa shape index (κ2) is 8.11. The largest absolute Gasteiger partial charge is 0.478 e. The van der Waals surface area contributed by atoms with Crippen LogP contribution >= 0.6 is 0 Å². The van der Waals surface area contributed by atoms with Gasteiger partial charge >= 0.3 is 0 Å². The van der Waals surface area contributed by atoms with E-state index in [0.29, 0.717) is 0 Å². The quantitative estimate of drug-likeness (QED) is 0.687. The molecule has 0 amide bonds. The molecule has 0 aromatic carbocycles. The zero-order valence-corrected chi connectivity index (χ0v) is 10.3. The third-order valence-electron chi connectivity index (χ3n) is 2.30. The highest BCUT2D eigenvalue weighted by atomic mass is 16.5. The highest BCUT2D eigenvalue weighted by Crippen LogP contribution is 2.09. The van der Waals surface area contributed by atoms with Gasteiger partial charge in [-0.3, -0.25) is 0 Å². The van der Waals surface area contributed by atoms with Gasteiger partial charge in [-0.05, 0) is 31.0 Å². The second-order valence-electron chi connectivity index (χ2n) is 3.88. The van der Waals surface area contributed by atoms with Gasteiger partial charge in [0.2, 0.25) is 5.88 Å². The highest BCUT2D eigenvalue weighted by Gasteiger charge is 1.97. The molecule has 0 unspecified atom stereocenters. The Balaban J connectivity index is 2.37. The van der Waals surface area contributed by atoms with Crippen LogP contribution in [0.3, 0.4) is 0 Å². The van der Waals surface area contributed by atoms with Crippen LogP contribution in [0.5, 0.6) is 5.88 Å². The summed E-state index contributed by atoms with van der Waals surface area (Å²) in [5, 5.41) is 3.36. The maximum Gasteiger partial charge on any atom is 0.213 e. The van der Waals surface area contributed by atoms with Crippen molar-refractivity contribution >= 4 is 0 Å². The van der Waals surface area contributed by atoms with Gasteiger partial charge in [-0.15, -0.1) is 0 Å². The Bertz CT molecular complexity index is 264. The van der Waals surface area contributed by atoms with Gasteiger partial charge in [0.1, 0.15) is 0 Å². The number of nitrogens with zero attached hydrogens (tertiary/aromatic N) is 1. The van der Waals surface area contributed by atoms with Crippen molar-refractivity contribution in [2.45, 2.75) is 39.7 Å². The Hall–Kier alpha value is -1.09. The van der Waals surface area contributed by atoms with E-state index < -0.39 is 0 Å². The Kier molecular flexibility index (Phi) is 6.58. The highest BCUT2D eigenvalue weighted by molar-refractivity contribution is 5.20. The molecule has 1 N–H and O–H groups in total. The third kappa shape index (κ3) is 5.12. The molecule has 1 aromatic rings. The SMILES string of the molecule is CCCCOc1cc(CNCCC)ccn1. The molecule has 90 valence electrons. The minimum atomic E-state index is 0.740. The number of pyridine rings is 1. The van der Waals surface area contributed by atoms with Crippen molar-refractivity contribution in [1.82, 2.24) is 10.3 Å². The zero-order chi connectivity index (χ0) is 11.6. The van der Waals surface area contributed by atoms with Crippen molar-refractivity contribution in [3.63, 3.8) is 0 Å². The summed E-state index contributed by atoms with van der Waals surface area (Å²) < 4.78 is 5.55. The lowest BCUT2D eigenvalue weighted by Gasteiger charge is -2.07. The molecule has 3 heteroatoms. The van der Waals surface area contributed by atoms with Crippen molar-refractivity contribution in [2.24, 2.45) is 0 Å². The molecule has 1 rings (SSSR count). The lowest BCUT2D eigenvalue weighted by atomic mass is 10.2. The van der Waals surface area contributed by atoms with Gasteiger partial charge < -0.3 is 10.1 Å². The van der Waals surface area contributed by atoms with E-state index in [2.05, 4.69) is 24.1 Å². The van der Waals surface area contributed by atoms with E-state index in [0.717, 1.165) is 44.8 Å². The van der Waals surface area contributed by atoms with Crippen LogP contribution in [0.1, 0.15) is 38.7 Å². The van der Waals surface area contributed by atoms with Crippen LogP contribution in [0, 0.1) is 0 Å². The second-order valence-corrected chi connectivity index (χ2v) is 3.88. The summed E-state index contributed by atoms with van der Waals surface area (Å²) >= 11 is 0. The number of hydrogen-bond acceptors (Lipinski definition) is 3. The van der Waals surface area contributed by atoms with E-state index in [1.54, 1.807) is 0 Å². The van der Waals surface area contributed by atoms with Crippen LogP contribution in [0.4, 0.5) is 0 Å². The van der Waals surface area contributed by atoms with Gasteiger partial charge in [-0.2, -0.15) is 0 Å². The van der Waals surface area contributed by atoms with Gasteiger partial charge in [0.05, 0.1) is 6.61 Å². The Morgan fingerprint density at radius 1 is 1.31 bits per heavy atom. The van der Waals surface area contributed by atoms with E-state index in [1.165, 1.54) is 5.56 Å². The van der Waals surface area contributed by atoms with Gasteiger partial charge in [0.15, 0.2) is 0 Å². The Morgan fingerprint density at radius 3 is 2.94 bits per heavy atom. The summed E-state index contributed by atoms with van der Waals surface area (Å²) in [7, 11) is 0. The summed E-state index contributed by atoms with van der Waals surface area (Å²) in [6.45, 7) is 7.02. The average molecular weight is 222 g/mol. The van der Waals surface area contributed by atoms with Crippen LogP contribution in [-0.4, -0.2) is 18.1 Å². The van der Waals surface area contributed by atoms with Crippen molar-refractivity contribution in [3.8, 4) is 5.88 Å². The van der Waals surface area contributed by atoms with Crippen molar-refractivity contribution in [2.75, 3.05) is 13.2 Å². The first-order valence-electron chi connectivity index (χ1n) is 6.15. The van der Waals surface area contributed by atoms with Crippen LogP contribution in [0.25, 0.3) is 0 Å². The number of hydrogen-bond donors (Lipinski definition) is 1. The van der Waals surface area contributed by atoms with E-state index in [-0.39, 0.29) is 0 Å². The van der Waals surface area contributed by atoms with Crippen LogP contribution in [0.2, 0.25) is 0 Å². The topological polar surface area (TPSA) is 34.1 Å². The van der Waals surface area contributed by atoms with Gasteiger partial charge in [0.25, 0.3) is 0 Å². The third-order valence-corrected chi connectivity index (χ3v) is 2.30. The summed E-state index contributed by atoms with van der Waals surface area (Å²) in [6, 6.07) is 4.04. The normalized spacial score (nSPS) is 10.4. The minimum Gasteiger partial charge on any atom is -0.478 e. The van der Waals surface area contributed by atoms with E-state index in [4.69, 9.17) is 4.74 Å². The minimum absolute atomic E-state index is 0.740. The standard InChI is InChI=1S/C13H22N2O/c1-3-5-9-16-13-10-12(6-8-15-13)11-14-7-4-2/h6,8,10,14H,3-5,7,9,11H2,1-2H3. The molecule has 1 aromatic heterocycles. The molecular weight excluding hydrogens is 200 g/mol. The molecule has 0 bridgehead atoms. The average Bonchev–Trinajstić information content (AvgIpc) is 2.30. The molecule has 0 spiro atoms. The van der Waals surface area contributed by atoms with Crippen molar-refractivity contribution in [3.05, 3.63) is 23.9 Å². The molecule has 0 atom stereocenters. The Morgan fingerprint density at radius 2 is 2.19 bits per heavy atom. The molecule has 0 saturated carbocycles. The van der Waals surface area contributed by atoms with Crippen LogP contribution in [-0.2, 0) is 6.54 Å². The van der Waals surface area contributed by atoms with Crippen LogP contribution in [0.15, 0.2) is 18.3 Å². The molecule has 1 heterocycles. The zero-order valence-electron chi connectivity index (χ0n) is 10.3. The fourth-order valence-electron chi connectivity index (χ4n) is 1.37. The molecule has 0 aliphatic heterocycles. The number of ether oxygens (including phenoxy) is 1. The maximum absolute atomic E-state index is 5.55. The predicted molar refractivity (Wildman–Crippen MR) is 66.6 cm³/mol. The fraction of sp³-hybridized carbons (Fsp3) is 0.615. The Labute approximate surface area is 98.2 Å². The van der Waals surface area contributed by atoms with E-state index in [1.807, 2.05) is 18.3 Å². The summed E-state index contributed by atoms with van der Waals surface area (Å²) in [5.41, 5.74) is 1.23. The molecule has 3 nitrogen and oxygen atoms in total. The first kappa shape index (κ1) is 13.0. The van der Waals surface area contributed by atoms with Crippen LogP contribution < -0.4 is 10.1 Å². The molecule has 0 saturated heterocycles. The fourth-order valence-corrected chi connectivity index (χ4v) is 1.37. The summed E-state index contributed by atoms with van der Waals surface area (Å²) in [6.07, 6.45) is 5.20. The smallest absolute Gasteiger partial charge is 0.213 e. The van der Waals surface area contributed by atoms with Gasteiger partial charge in [-0.1, -0.05) is 20.3 Å². The lowest BCUT2D eigenvalue weighted by Crippen LogP contribution is -2.13. The van der Waals surface area contributed by atoms with Crippen molar-refractivity contribution < 1.29 is 4.74 Å². The number of nitrogens with one attached hydrogen (secondary N) is 1. The number of unbranched alkanes of at least 4 members (excludes halogenated alkanes) is 1. The molecule has 0 aliphatic rings. The first-order valence-corrected chi connectivity index (χ1v) is 6.15. The van der Waals surface area contributed by atoms with Gasteiger partial charge in [-0.25, -0.2) is 4.98 Å². The van der Waals surface area contributed by atoms with Crippen molar-refractivity contribution in [1.29, 1.82) is 0 Å². The van der Waals surface area contributed by atoms with Gasteiger partial charge in [0, 0.05) is 18.8 Å².